The van der Waals surface area contributed by atoms with E-state index in [1.807, 2.05) is 0 Å². The lowest BCUT2D eigenvalue weighted by Gasteiger charge is -2.38. The van der Waals surface area contributed by atoms with Crippen molar-refractivity contribution in [2.45, 2.75) is 136 Å². The van der Waals surface area contributed by atoms with Crippen LogP contribution in [0.25, 0.3) is 12.2 Å². The Kier molecular flexibility index (Phi) is 11.2. The van der Waals surface area contributed by atoms with Crippen LogP contribution in [0.15, 0.2) is 80.2 Å². The van der Waals surface area contributed by atoms with Crippen LogP contribution >= 0.6 is 21.0 Å². The van der Waals surface area contributed by atoms with Crippen molar-refractivity contribution in [3.05, 3.63) is 82.2 Å². The van der Waals surface area contributed by atoms with Crippen molar-refractivity contribution in [2.24, 2.45) is 0 Å². The molecule has 2 aliphatic heterocycles. The van der Waals surface area contributed by atoms with Crippen LogP contribution in [0.1, 0.15) is 94.2 Å². The maximum absolute atomic E-state index is 4.16. The fourth-order valence-corrected chi connectivity index (χ4v) is 23.4. The van der Waals surface area contributed by atoms with Crippen molar-refractivity contribution in [1.29, 1.82) is 0 Å². The minimum absolute atomic E-state index is 0.202. The molecule has 0 nitrogen and oxygen atoms in total. The zero-order chi connectivity index (χ0) is 35.0. The van der Waals surface area contributed by atoms with Gasteiger partial charge in [-0.3, -0.25) is 0 Å². The molecule has 0 spiro atoms. The van der Waals surface area contributed by atoms with Crippen LogP contribution in [0.4, 0.5) is 0 Å². The number of fused-ring (bicyclic) bond motifs is 2. The Bertz CT molecular complexity index is 1800. The molecule has 2 unspecified atom stereocenters. The average molecular weight is 705 g/mol. The van der Waals surface area contributed by atoms with Crippen LogP contribution in [0.2, 0.25) is 33.2 Å². The minimum atomic E-state index is -1.97. The molecule has 0 aromatic heterocycles. The van der Waals surface area contributed by atoms with Crippen LogP contribution in [0.5, 0.6) is 0 Å². The minimum Gasteiger partial charge on any atom is -0.125 e. The second-order valence-corrected chi connectivity index (χ2v) is 30.3. The van der Waals surface area contributed by atoms with Crippen LogP contribution in [-0.4, -0.2) is 26.9 Å². The van der Waals surface area contributed by atoms with Gasteiger partial charge in [-0.1, -0.05) is 131 Å². The number of rotatable bonds is 8. The molecule has 4 heteroatoms. The summed E-state index contributed by atoms with van der Waals surface area (Å²) < 4.78 is 0. The highest BCUT2D eigenvalue weighted by molar-refractivity contribution is 8.16. The zero-order valence-corrected chi connectivity index (χ0v) is 35.0. The van der Waals surface area contributed by atoms with E-state index in [0.717, 1.165) is 0 Å². The van der Waals surface area contributed by atoms with E-state index in [4.69, 9.17) is 0 Å². The molecule has 0 saturated heterocycles. The Morgan fingerprint density at radius 2 is 0.729 bits per heavy atom. The van der Waals surface area contributed by atoms with Crippen molar-refractivity contribution in [3.63, 3.8) is 0 Å². The molecule has 0 aliphatic carbocycles. The zero-order valence-electron chi connectivity index (χ0n) is 31.4. The summed E-state index contributed by atoms with van der Waals surface area (Å²) in [7, 11) is -4.35. The Balaban J connectivity index is 1.94. The van der Waals surface area contributed by atoms with E-state index in [0.29, 0.717) is 33.2 Å². The first-order valence-corrected chi connectivity index (χ1v) is 25.1. The first-order chi connectivity index (χ1) is 22.8. The highest BCUT2D eigenvalue weighted by Crippen LogP contribution is 2.45. The first kappa shape index (κ1) is 36.7. The Labute approximate surface area is 299 Å². The topological polar surface area (TPSA) is 0 Å². The molecule has 5 rings (SSSR count). The lowest BCUT2D eigenvalue weighted by molar-refractivity contribution is 0.838. The molecule has 0 amide bonds. The van der Waals surface area contributed by atoms with Gasteiger partial charge in [-0.2, -0.15) is 0 Å². The third-order valence-corrected chi connectivity index (χ3v) is 27.9. The Morgan fingerprint density at radius 3 is 1.00 bits per heavy atom. The van der Waals surface area contributed by atoms with Crippen molar-refractivity contribution < 1.29 is 0 Å². The van der Waals surface area contributed by atoms with Crippen LogP contribution in [-0.2, 0) is 0 Å². The summed E-state index contributed by atoms with van der Waals surface area (Å²) in [5.74, 6) is 8.10. The summed E-state index contributed by atoms with van der Waals surface area (Å²) >= 11 is 0. The van der Waals surface area contributed by atoms with Gasteiger partial charge >= 0.3 is 0 Å². The van der Waals surface area contributed by atoms with Gasteiger partial charge in [0.1, 0.15) is 16.1 Å². The standard InChI is InChI=1S/C44H56S2Si2/c1-31(2)47(32(3)4,33(5)6)29-25-41-39-23-27-46(38-21-17-14-18-22-38)44(39)42(26-30-48(34(7)8,35(9)10)36(11)12)40-24-28-45(43(40)41)37-19-15-13-16-20-37/h13-24,27-28,31-36H,1-12H3. The lowest BCUT2D eigenvalue weighted by atomic mass is 10.0. The van der Waals surface area contributed by atoms with Gasteiger partial charge in [0.15, 0.2) is 0 Å². The van der Waals surface area contributed by atoms with Gasteiger partial charge in [-0.25, -0.2) is 0 Å². The van der Waals surface area contributed by atoms with Crippen molar-refractivity contribution >= 4 is 60.0 Å². The van der Waals surface area contributed by atoms with Crippen molar-refractivity contribution in [1.82, 2.24) is 0 Å². The van der Waals surface area contributed by atoms with Gasteiger partial charge in [-0.05, 0) is 80.4 Å². The largest absolute Gasteiger partial charge is 0.146 e. The summed E-state index contributed by atoms with van der Waals surface area (Å²) in [6, 6.07) is 22.2. The monoisotopic (exact) mass is 704 g/mol. The number of hydrogen-bond acceptors (Lipinski definition) is 0. The summed E-state index contributed by atoms with van der Waals surface area (Å²) in [4.78, 5) is 5.50. The third-order valence-electron chi connectivity index (χ3n) is 11.2. The molecule has 3 aromatic carbocycles. The van der Waals surface area contributed by atoms with E-state index < -0.39 is 16.1 Å². The van der Waals surface area contributed by atoms with Crippen molar-refractivity contribution in [3.8, 4) is 22.9 Å². The van der Waals surface area contributed by atoms with E-state index in [9.17, 15) is 0 Å². The van der Waals surface area contributed by atoms with Crippen molar-refractivity contribution in [2.75, 3.05) is 0 Å². The lowest BCUT2D eigenvalue weighted by Crippen LogP contribution is -2.43. The van der Waals surface area contributed by atoms with Gasteiger partial charge in [0.2, 0.25) is 0 Å². The SMILES string of the molecule is CC(C)[Si](C#Cc1c2c(c(C#C[Si](C(C)C)(C(C)C)C(C)C)c3c1=CC=S3c1ccccc1)=CC=S2c1ccccc1)(C(C)C)C(C)C. The highest BCUT2D eigenvalue weighted by atomic mass is 32.2. The third kappa shape index (κ3) is 6.29. The fourth-order valence-electron chi connectivity index (χ4n) is 8.91. The van der Waals surface area contributed by atoms with Gasteiger partial charge in [0.25, 0.3) is 0 Å². The smallest absolute Gasteiger partial charge is 0.125 e. The molecule has 252 valence electrons. The summed E-state index contributed by atoms with van der Waals surface area (Å²) in [6.45, 7) is 29.1. The number of benzene rings is 3. The fraction of sp³-hybridized carbons (Fsp3) is 0.409. The molecule has 48 heavy (non-hydrogen) atoms. The molecule has 2 aliphatic rings. The maximum Gasteiger partial charge on any atom is 0.146 e. The van der Waals surface area contributed by atoms with Crippen LogP contribution < -0.4 is 10.4 Å². The highest BCUT2D eigenvalue weighted by Gasteiger charge is 2.43. The molecule has 0 bridgehead atoms. The molecule has 0 radical (unpaired) electrons. The molecular weight excluding hydrogens is 649 g/mol. The summed E-state index contributed by atoms with van der Waals surface area (Å²) in [6.07, 6.45) is 4.82. The second kappa shape index (κ2) is 14.7. The molecule has 0 N–H and O–H groups in total. The quantitative estimate of drug-likeness (QED) is 0.124. The van der Waals surface area contributed by atoms with E-state index in [2.05, 4.69) is 190 Å². The maximum atomic E-state index is 4.16. The van der Waals surface area contributed by atoms with Gasteiger partial charge in [-0.15, -0.1) is 32.1 Å². The molecule has 2 atom stereocenters. The molecule has 0 saturated carbocycles. The first-order valence-electron chi connectivity index (χ1n) is 18.0. The molecular formula is C44H56S2Si2. The molecule has 2 heterocycles. The van der Waals surface area contributed by atoms with Crippen LogP contribution in [0, 0.1) is 22.9 Å². The van der Waals surface area contributed by atoms with E-state index in [-0.39, 0.29) is 21.0 Å². The predicted molar refractivity (Wildman–Crippen MR) is 224 cm³/mol. The second-order valence-electron chi connectivity index (χ2n) is 15.4. The van der Waals surface area contributed by atoms with E-state index in [1.54, 1.807) is 0 Å². The molecule has 3 aromatic rings. The van der Waals surface area contributed by atoms with Gasteiger partial charge in [0.05, 0.1) is 0 Å². The van der Waals surface area contributed by atoms with Gasteiger partial charge < -0.3 is 0 Å². The van der Waals surface area contributed by atoms with E-state index >= 15 is 0 Å². The normalized spacial score (nSPS) is 17.0. The van der Waals surface area contributed by atoms with Gasteiger partial charge in [0, 0.05) is 41.1 Å². The molecule has 0 fully saturated rings. The van der Waals surface area contributed by atoms with E-state index in [1.165, 1.54) is 41.1 Å². The number of hydrogen-bond donors (Lipinski definition) is 0. The summed E-state index contributed by atoms with van der Waals surface area (Å²) in [5.41, 5.74) is 14.3. The summed E-state index contributed by atoms with van der Waals surface area (Å²) in [5, 5.41) is 7.54. The Hall–Kier alpha value is -2.61. The Morgan fingerprint density at radius 1 is 0.438 bits per heavy atom. The predicted octanol–water partition coefficient (Wildman–Crippen LogP) is 11.4. The van der Waals surface area contributed by atoms with Crippen LogP contribution in [0.3, 0.4) is 0 Å². The average Bonchev–Trinajstić information content (AvgIpc) is 3.68.